The Labute approximate surface area is 119 Å². The van der Waals surface area contributed by atoms with Crippen LogP contribution in [0.15, 0.2) is 34.4 Å². The molecule has 0 aliphatic rings. The van der Waals surface area contributed by atoms with Gasteiger partial charge in [0.05, 0.1) is 16.7 Å². The van der Waals surface area contributed by atoms with Crippen molar-refractivity contribution in [1.29, 1.82) is 0 Å². The normalized spacial score (nSPS) is 11.4. The van der Waals surface area contributed by atoms with E-state index in [0.29, 0.717) is 13.0 Å². The first-order valence-electron chi connectivity index (χ1n) is 6.02. The summed E-state index contributed by atoms with van der Waals surface area (Å²) in [6, 6.07) is 6.00. The van der Waals surface area contributed by atoms with Gasteiger partial charge < -0.3 is 0 Å². The van der Waals surface area contributed by atoms with Gasteiger partial charge in [-0.25, -0.2) is 20.5 Å². The minimum absolute atomic E-state index is 0.114. The van der Waals surface area contributed by atoms with Gasteiger partial charge in [0.15, 0.2) is 5.03 Å². The Morgan fingerprint density at radius 3 is 2.67 bits per heavy atom. The predicted octanol–water partition coefficient (Wildman–Crippen LogP) is 1.07. The van der Waals surface area contributed by atoms with Crippen LogP contribution < -0.4 is 10.9 Å². The van der Waals surface area contributed by atoms with Gasteiger partial charge in [-0.15, -0.1) is 0 Å². The summed E-state index contributed by atoms with van der Waals surface area (Å²) < 4.78 is 0. The van der Waals surface area contributed by atoms with E-state index in [4.69, 9.17) is 0 Å². The molecule has 0 heterocycles. The molecule has 0 saturated carbocycles. The van der Waals surface area contributed by atoms with Gasteiger partial charge in [-0.1, -0.05) is 24.5 Å². The van der Waals surface area contributed by atoms with Gasteiger partial charge in [-0.2, -0.15) is 5.10 Å². The van der Waals surface area contributed by atoms with Gasteiger partial charge >= 0.3 is 0 Å². The molecule has 1 aromatic rings. The van der Waals surface area contributed by atoms with Crippen LogP contribution in [-0.4, -0.2) is 28.7 Å². The van der Waals surface area contributed by atoms with Crippen LogP contribution in [0.25, 0.3) is 0 Å². The van der Waals surface area contributed by atoms with Crippen LogP contribution in [0.1, 0.15) is 18.9 Å². The molecule has 0 bridgehead atoms. The highest BCUT2D eigenvalue weighted by atomic mass is 16.7. The average Bonchev–Trinajstić information content (AvgIpc) is 2.44. The molecule has 0 atom stereocenters. The number of aliphatic imine (C=N–C) groups is 1. The fraction of sp³-hybridized carbons (Fsp3) is 0.273. The standard InChI is InChI=1S/C11H14N6O4/c1-2-7-12-11(15-17(20)21)14-13-8-9-5-3-4-6-10(9)16(18)19/h3-6,8H,2,7H2,1H3,(H2,12,14,15). The summed E-state index contributed by atoms with van der Waals surface area (Å²) in [7, 11) is 0. The number of nitro benzene ring substituents is 1. The van der Waals surface area contributed by atoms with Crippen molar-refractivity contribution in [3.05, 3.63) is 50.1 Å². The monoisotopic (exact) mass is 294 g/mol. The molecule has 10 heteroatoms. The number of hydrazone groups is 1. The van der Waals surface area contributed by atoms with E-state index >= 15 is 0 Å². The topological polar surface area (TPSA) is 135 Å². The highest BCUT2D eigenvalue weighted by molar-refractivity contribution is 5.87. The number of guanidine groups is 1. The van der Waals surface area contributed by atoms with Crippen molar-refractivity contribution < 1.29 is 9.96 Å². The molecule has 2 N–H and O–H groups in total. The van der Waals surface area contributed by atoms with Crippen LogP contribution in [-0.2, 0) is 0 Å². The third-order valence-corrected chi connectivity index (χ3v) is 2.20. The zero-order chi connectivity index (χ0) is 15.7. The van der Waals surface area contributed by atoms with Crippen molar-refractivity contribution in [3.63, 3.8) is 0 Å². The van der Waals surface area contributed by atoms with E-state index in [0.717, 1.165) is 0 Å². The molecule has 0 fully saturated rings. The van der Waals surface area contributed by atoms with Crippen molar-refractivity contribution in [1.82, 2.24) is 10.9 Å². The largest absolute Gasteiger partial charge is 0.278 e. The molecule has 0 aromatic heterocycles. The van der Waals surface area contributed by atoms with Gasteiger partial charge in [-0.3, -0.25) is 10.1 Å². The smallest absolute Gasteiger partial charge is 0.258 e. The van der Waals surface area contributed by atoms with Crippen LogP contribution in [0.2, 0.25) is 0 Å². The Morgan fingerprint density at radius 1 is 1.33 bits per heavy atom. The molecular weight excluding hydrogens is 280 g/mol. The Morgan fingerprint density at radius 2 is 2.05 bits per heavy atom. The average molecular weight is 294 g/mol. The molecule has 0 unspecified atom stereocenters. The zero-order valence-electron chi connectivity index (χ0n) is 11.2. The molecule has 21 heavy (non-hydrogen) atoms. The van der Waals surface area contributed by atoms with Crippen molar-refractivity contribution >= 4 is 17.9 Å². The third-order valence-electron chi connectivity index (χ3n) is 2.20. The molecule has 0 spiro atoms. The SMILES string of the molecule is CCCN=C(NN=Cc1ccccc1[N+](=O)[O-])N[N+](=O)[O-]. The third kappa shape index (κ3) is 5.63. The minimum Gasteiger partial charge on any atom is -0.258 e. The lowest BCUT2D eigenvalue weighted by molar-refractivity contribution is -0.525. The van der Waals surface area contributed by atoms with Crippen LogP contribution in [0.4, 0.5) is 5.69 Å². The molecule has 0 aliphatic heterocycles. The molecule has 112 valence electrons. The number of hydrogen-bond acceptors (Lipinski definition) is 6. The van der Waals surface area contributed by atoms with E-state index in [1.54, 1.807) is 6.07 Å². The Balaban J connectivity index is 2.80. The predicted molar refractivity (Wildman–Crippen MR) is 76.5 cm³/mol. The number of rotatable bonds is 6. The first-order valence-corrected chi connectivity index (χ1v) is 6.02. The van der Waals surface area contributed by atoms with Crippen molar-refractivity contribution in [2.45, 2.75) is 13.3 Å². The lowest BCUT2D eigenvalue weighted by atomic mass is 10.2. The van der Waals surface area contributed by atoms with E-state index in [9.17, 15) is 20.2 Å². The van der Waals surface area contributed by atoms with Gasteiger partial charge in [0.1, 0.15) is 0 Å². The second-order valence-corrected chi connectivity index (χ2v) is 3.79. The first kappa shape index (κ1) is 16.0. The summed E-state index contributed by atoms with van der Waals surface area (Å²) in [5.41, 5.74) is 4.35. The molecule has 0 saturated heterocycles. The number of nitrogens with zero attached hydrogens (tertiary/aromatic N) is 4. The van der Waals surface area contributed by atoms with Crippen molar-refractivity contribution in [2.24, 2.45) is 10.1 Å². The van der Waals surface area contributed by atoms with E-state index in [1.807, 2.05) is 12.3 Å². The van der Waals surface area contributed by atoms with Crippen LogP contribution in [0, 0.1) is 20.2 Å². The maximum atomic E-state index is 10.8. The second kappa shape index (κ2) is 8.19. The van der Waals surface area contributed by atoms with Crippen molar-refractivity contribution in [3.8, 4) is 0 Å². The maximum Gasteiger partial charge on any atom is 0.278 e. The number of para-hydroxylation sites is 1. The lowest BCUT2D eigenvalue weighted by Gasteiger charge is -2.01. The number of hydrazine groups is 1. The lowest BCUT2D eigenvalue weighted by Crippen LogP contribution is -2.38. The fourth-order valence-electron chi connectivity index (χ4n) is 1.33. The summed E-state index contributed by atoms with van der Waals surface area (Å²) in [5.74, 6) is -0.142. The highest BCUT2D eigenvalue weighted by Gasteiger charge is 2.10. The summed E-state index contributed by atoms with van der Waals surface area (Å²) in [6.45, 7) is 2.24. The van der Waals surface area contributed by atoms with Gasteiger partial charge in [-0.05, 0) is 12.5 Å². The van der Waals surface area contributed by atoms with Gasteiger partial charge in [0.25, 0.3) is 11.6 Å². The molecule has 1 aromatic carbocycles. The van der Waals surface area contributed by atoms with Crippen LogP contribution in [0.3, 0.4) is 0 Å². The Bertz CT molecular complexity index is 572. The zero-order valence-corrected chi connectivity index (χ0v) is 11.2. The molecular formula is C11H14N6O4. The summed E-state index contributed by atoms with van der Waals surface area (Å²) >= 11 is 0. The molecule has 0 radical (unpaired) electrons. The number of hydrogen-bond donors (Lipinski definition) is 2. The van der Waals surface area contributed by atoms with Crippen LogP contribution in [0.5, 0.6) is 0 Å². The molecule has 1 rings (SSSR count). The first-order chi connectivity index (χ1) is 10.0. The molecule has 0 aliphatic carbocycles. The highest BCUT2D eigenvalue weighted by Crippen LogP contribution is 2.14. The number of benzene rings is 1. The summed E-state index contributed by atoms with van der Waals surface area (Å²) in [6.07, 6.45) is 1.90. The van der Waals surface area contributed by atoms with E-state index < -0.39 is 9.96 Å². The molecule has 0 amide bonds. The fourth-order valence-corrected chi connectivity index (χ4v) is 1.33. The van der Waals surface area contributed by atoms with E-state index in [1.165, 1.54) is 24.4 Å². The maximum absolute atomic E-state index is 10.8. The number of nitrogens with one attached hydrogen (secondary N) is 2. The van der Waals surface area contributed by atoms with Crippen LogP contribution >= 0.6 is 0 Å². The van der Waals surface area contributed by atoms with Gasteiger partial charge in [0, 0.05) is 12.6 Å². The van der Waals surface area contributed by atoms with E-state index in [2.05, 4.69) is 15.5 Å². The number of nitro groups is 2. The Kier molecular flexibility index (Phi) is 6.25. The summed E-state index contributed by atoms with van der Waals surface area (Å²) in [4.78, 5) is 24.5. The Hall–Kier alpha value is -3.04. The van der Waals surface area contributed by atoms with Crippen molar-refractivity contribution in [2.75, 3.05) is 6.54 Å². The van der Waals surface area contributed by atoms with E-state index in [-0.39, 0.29) is 17.2 Å². The summed E-state index contributed by atoms with van der Waals surface area (Å²) in [5, 5.41) is 24.1. The quantitative estimate of drug-likeness (QED) is 0.348. The molecule has 10 nitrogen and oxygen atoms in total. The second-order valence-electron chi connectivity index (χ2n) is 3.79. The minimum atomic E-state index is -0.776. The van der Waals surface area contributed by atoms with Gasteiger partial charge in [0.2, 0.25) is 0 Å².